The number of hydrogen-bond donors (Lipinski definition) is 2. The topological polar surface area (TPSA) is 45.1 Å². The van der Waals surface area contributed by atoms with Gasteiger partial charge in [-0.05, 0) is 12.1 Å². The summed E-state index contributed by atoms with van der Waals surface area (Å²) in [4.78, 5) is 4.19. The van der Waals surface area contributed by atoms with Crippen LogP contribution in [0, 0.1) is 0 Å². The van der Waals surface area contributed by atoms with E-state index in [0.29, 0.717) is 17.1 Å². The van der Waals surface area contributed by atoms with Crippen LogP contribution in [0.2, 0.25) is 10.0 Å². The Labute approximate surface area is 119 Å². The molecule has 18 heavy (non-hydrogen) atoms. The SMILES string of the molecule is Oc1c(Cl)cc(Cl)cc1CNCCc1nccs1. The van der Waals surface area contributed by atoms with E-state index in [2.05, 4.69) is 10.3 Å². The lowest BCUT2D eigenvalue weighted by atomic mass is 10.2. The molecule has 0 fully saturated rings. The van der Waals surface area contributed by atoms with E-state index < -0.39 is 0 Å². The van der Waals surface area contributed by atoms with Crippen molar-refractivity contribution in [1.82, 2.24) is 10.3 Å². The fourth-order valence-corrected chi connectivity index (χ4v) is 2.70. The van der Waals surface area contributed by atoms with Crippen molar-refractivity contribution >= 4 is 34.5 Å². The molecule has 0 aliphatic heterocycles. The molecule has 0 atom stereocenters. The van der Waals surface area contributed by atoms with Gasteiger partial charge in [-0.25, -0.2) is 4.98 Å². The van der Waals surface area contributed by atoms with Crippen molar-refractivity contribution in [2.45, 2.75) is 13.0 Å². The number of thiazole rings is 1. The number of phenolic OH excluding ortho intramolecular Hbond substituents is 1. The third-order valence-electron chi connectivity index (χ3n) is 2.42. The van der Waals surface area contributed by atoms with Crippen LogP contribution in [0.1, 0.15) is 10.6 Å². The summed E-state index contributed by atoms with van der Waals surface area (Å²) in [5.74, 6) is 0.0859. The Morgan fingerprint density at radius 2 is 2.17 bits per heavy atom. The summed E-state index contributed by atoms with van der Waals surface area (Å²) in [5, 5.41) is 16.8. The molecule has 1 aromatic carbocycles. The van der Waals surface area contributed by atoms with Gasteiger partial charge < -0.3 is 10.4 Å². The fourth-order valence-electron chi connectivity index (χ4n) is 1.55. The number of benzene rings is 1. The highest BCUT2D eigenvalue weighted by molar-refractivity contribution is 7.09. The van der Waals surface area contributed by atoms with Gasteiger partial charge in [0.1, 0.15) is 5.75 Å². The number of nitrogens with zero attached hydrogens (tertiary/aromatic N) is 1. The molecule has 2 N–H and O–H groups in total. The number of aromatic hydroxyl groups is 1. The second-order valence-electron chi connectivity index (χ2n) is 3.75. The number of hydrogen-bond acceptors (Lipinski definition) is 4. The van der Waals surface area contributed by atoms with E-state index in [1.165, 1.54) is 6.07 Å². The van der Waals surface area contributed by atoms with Crippen molar-refractivity contribution in [3.05, 3.63) is 44.3 Å². The summed E-state index contributed by atoms with van der Waals surface area (Å²) in [6.07, 6.45) is 2.66. The van der Waals surface area contributed by atoms with Crippen molar-refractivity contribution in [3.63, 3.8) is 0 Å². The first-order chi connectivity index (χ1) is 8.66. The number of phenols is 1. The first kappa shape index (κ1) is 13.6. The molecule has 0 aliphatic rings. The van der Waals surface area contributed by atoms with Gasteiger partial charge in [0, 0.05) is 41.7 Å². The molecule has 0 amide bonds. The molecule has 0 saturated heterocycles. The molecule has 96 valence electrons. The van der Waals surface area contributed by atoms with Crippen LogP contribution in [-0.4, -0.2) is 16.6 Å². The monoisotopic (exact) mass is 302 g/mol. The average molecular weight is 303 g/mol. The van der Waals surface area contributed by atoms with Crippen LogP contribution in [-0.2, 0) is 13.0 Å². The first-order valence-corrected chi connectivity index (χ1v) is 7.06. The fraction of sp³-hybridized carbons (Fsp3) is 0.250. The molecule has 0 radical (unpaired) electrons. The summed E-state index contributed by atoms with van der Waals surface area (Å²) < 4.78 is 0. The quantitative estimate of drug-likeness (QED) is 0.831. The molecule has 0 spiro atoms. The molecule has 3 nitrogen and oxygen atoms in total. The van der Waals surface area contributed by atoms with Crippen LogP contribution < -0.4 is 5.32 Å². The number of halogens is 2. The van der Waals surface area contributed by atoms with Gasteiger partial charge in [0.2, 0.25) is 0 Å². The van der Waals surface area contributed by atoms with Crippen LogP contribution >= 0.6 is 34.5 Å². The van der Waals surface area contributed by atoms with Crippen LogP contribution in [0.25, 0.3) is 0 Å². The van der Waals surface area contributed by atoms with E-state index >= 15 is 0 Å². The van der Waals surface area contributed by atoms with Crippen LogP contribution in [0.15, 0.2) is 23.7 Å². The smallest absolute Gasteiger partial charge is 0.138 e. The largest absolute Gasteiger partial charge is 0.506 e. The Morgan fingerprint density at radius 1 is 1.33 bits per heavy atom. The Bertz CT molecular complexity index is 517. The second-order valence-corrected chi connectivity index (χ2v) is 5.57. The van der Waals surface area contributed by atoms with Gasteiger partial charge >= 0.3 is 0 Å². The molecule has 2 aromatic rings. The van der Waals surface area contributed by atoms with E-state index in [-0.39, 0.29) is 10.8 Å². The highest BCUT2D eigenvalue weighted by atomic mass is 35.5. The van der Waals surface area contributed by atoms with Crippen molar-refractivity contribution < 1.29 is 5.11 Å². The van der Waals surface area contributed by atoms with Gasteiger partial charge in [-0.1, -0.05) is 23.2 Å². The summed E-state index contributed by atoms with van der Waals surface area (Å²) in [6.45, 7) is 1.31. The lowest BCUT2D eigenvalue weighted by molar-refractivity contribution is 0.465. The molecule has 1 aromatic heterocycles. The molecule has 6 heteroatoms. The first-order valence-electron chi connectivity index (χ1n) is 5.43. The standard InChI is InChI=1S/C12H12Cl2N2OS/c13-9-5-8(12(17)10(14)6-9)7-15-2-1-11-16-3-4-18-11/h3-6,15,17H,1-2,7H2. The van der Waals surface area contributed by atoms with E-state index in [1.807, 2.05) is 5.38 Å². The zero-order chi connectivity index (χ0) is 13.0. The third-order valence-corrected chi connectivity index (χ3v) is 3.77. The molecular formula is C12H12Cl2N2OS. The molecule has 0 saturated carbocycles. The lowest BCUT2D eigenvalue weighted by Crippen LogP contribution is -2.16. The summed E-state index contributed by atoms with van der Waals surface area (Å²) in [7, 11) is 0. The third kappa shape index (κ3) is 3.59. The Kier molecular flexibility index (Phi) is 4.83. The maximum atomic E-state index is 9.76. The van der Waals surface area contributed by atoms with Gasteiger partial charge in [-0.15, -0.1) is 11.3 Å². The van der Waals surface area contributed by atoms with E-state index in [9.17, 15) is 5.11 Å². The Hall–Kier alpha value is -0.810. The zero-order valence-corrected chi connectivity index (χ0v) is 11.8. The molecule has 2 rings (SSSR count). The highest BCUT2D eigenvalue weighted by Gasteiger charge is 2.07. The predicted octanol–water partition coefficient (Wildman–Crippen LogP) is 3.49. The normalized spacial score (nSPS) is 10.8. The molecule has 0 bridgehead atoms. The molecule has 0 unspecified atom stereocenters. The van der Waals surface area contributed by atoms with Crippen molar-refractivity contribution in [1.29, 1.82) is 0 Å². The second kappa shape index (κ2) is 6.38. The van der Waals surface area contributed by atoms with Crippen molar-refractivity contribution in [2.75, 3.05) is 6.54 Å². The van der Waals surface area contributed by atoms with E-state index in [4.69, 9.17) is 23.2 Å². The maximum Gasteiger partial charge on any atom is 0.138 e. The van der Waals surface area contributed by atoms with Gasteiger partial charge in [-0.3, -0.25) is 0 Å². The van der Waals surface area contributed by atoms with E-state index in [0.717, 1.165) is 18.0 Å². The van der Waals surface area contributed by atoms with Gasteiger partial charge in [0.25, 0.3) is 0 Å². The predicted molar refractivity (Wildman–Crippen MR) is 75.7 cm³/mol. The number of nitrogens with one attached hydrogen (secondary N) is 1. The van der Waals surface area contributed by atoms with Crippen LogP contribution in [0.3, 0.4) is 0 Å². The Balaban J connectivity index is 1.86. The van der Waals surface area contributed by atoms with Crippen LogP contribution in [0.5, 0.6) is 5.75 Å². The summed E-state index contributed by atoms with van der Waals surface area (Å²) >= 11 is 13.4. The van der Waals surface area contributed by atoms with Gasteiger partial charge in [-0.2, -0.15) is 0 Å². The van der Waals surface area contributed by atoms with Crippen LogP contribution in [0.4, 0.5) is 0 Å². The van der Waals surface area contributed by atoms with Crippen molar-refractivity contribution in [2.24, 2.45) is 0 Å². The Morgan fingerprint density at radius 3 is 2.89 bits per heavy atom. The minimum Gasteiger partial charge on any atom is -0.506 e. The van der Waals surface area contributed by atoms with Gasteiger partial charge in [0.15, 0.2) is 0 Å². The summed E-state index contributed by atoms with van der Waals surface area (Å²) in [6, 6.07) is 3.23. The highest BCUT2D eigenvalue weighted by Crippen LogP contribution is 2.30. The zero-order valence-electron chi connectivity index (χ0n) is 9.49. The van der Waals surface area contributed by atoms with Gasteiger partial charge in [0.05, 0.1) is 10.0 Å². The minimum absolute atomic E-state index is 0.0859. The van der Waals surface area contributed by atoms with Crippen molar-refractivity contribution in [3.8, 4) is 5.75 Å². The minimum atomic E-state index is 0.0859. The average Bonchev–Trinajstić information content (AvgIpc) is 2.83. The number of aromatic nitrogens is 1. The lowest BCUT2D eigenvalue weighted by Gasteiger charge is -2.08. The number of rotatable bonds is 5. The molecular weight excluding hydrogens is 291 g/mol. The molecule has 1 heterocycles. The molecule has 0 aliphatic carbocycles. The summed E-state index contributed by atoms with van der Waals surface area (Å²) in [5.41, 5.74) is 0.701. The maximum absolute atomic E-state index is 9.76. The van der Waals surface area contributed by atoms with E-state index in [1.54, 1.807) is 23.6 Å².